The van der Waals surface area contributed by atoms with Crippen molar-refractivity contribution in [2.75, 3.05) is 31.6 Å². The number of aryl methyl sites for hydroxylation is 2. The highest BCUT2D eigenvalue weighted by atomic mass is 16.6. The fourth-order valence-corrected chi connectivity index (χ4v) is 3.59. The molecule has 0 atom stereocenters. The van der Waals surface area contributed by atoms with Crippen molar-refractivity contribution in [2.24, 2.45) is 5.92 Å². The van der Waals surface area contributed by atoms with Gasteiger partial charge < -0.3 is 19.7 Å². The van der Waals surface area contributed by atoms with Gasteiger partial charge in [0.15, 0.2) is 13.2 Å². The molecule has 1 saturated heterocycles. The Bertz CT molecular complexity index is 901. The van der Waals surface area contributed by atoms with Crippen LogP contribution in [0.15, 0.2) is 48.5 Å². The van der Waals surface area contributed by atoms with Gasteiger partial charge in [-0.25, -0.2) is 4.79 Å². The van der Waals surface area contributed by atoms with Gasteiger partial charge in [0, 0.05) is 24.7 Å². The summed E-state index contributed by atoms with van der Waals surface area (Å²) in [5.74, 6) is -0.372. The van der Waals surface area contributed by atoms with E-state index < -0.39 is 5.97 Å². The molecule has 0 spiro atoms. The maximum absolute atomic E-state index is 12.4. The number of piperidine rings is 1. The van der Waals surface area contributed by atoms with Crippen molar-refractivity contribution < 1.29 is 23.9 Å². The van der Waals surface area contributed by atoms with Crippen LogP contribution in [0.5, 0.6) is 5.75 Å². The van der Waals surface area contributed by atoms with Crippen molar-refractivity contribution in [3.63, 3.8) is 0 Å². The summed E-state index contributed by atoms with van der Waals surface area (Å²) in [4.78, 5) is 38.4. The van der Waals surface area contributed by atoms with E-state index >= 15 is 0 Å². The van der Waals surface area contributed by atoms with E-state index in [4.69, 9.17) is 9.47 Å². The molecule has 0 radical (unpaired) electrons. The van der Waals surface area contributed by atoms with Crippen molar-refractivity contribution in [3.05, 3.63) is 59.7 Å². The number of para-hydroxylation sites is 2. The first-order chi connectivity index (χ1) is 14.9. The topological polar surface area (TPSA) is 84.9 Å². The molecule has 0 bridgehead atoms. The van der Waals surface area contributed by atoms with E-state index in [1.165, 1.54) is 0 Å². The first-order valence-corrected chi connectivity index (χ1v) is 10.4. The highest BCUT2D eigenvalue weighted by Gasteiger charge is 2.27. The minimum Gasteiger partial charge on any atom is -0.481 e. The summed E-state index contributed by atoms with van der Waals surface area (Å²) in [5.41, 5.74) is 2.63. The van der Waals surface area contributed by atoms with Crippen molar-refractivity contribution in [3.8, 4) is 5.75 Å². The molecular weight excluding hydrogens is 396 g/mol. The number of amides is 2. The number of likely N-dealkylation sites (tertiary alicyclic amines) is 1. The lowest BCUT2D eigenvalue weighted by atomic mass is 9.95. The van der Waals surface area contributed by atoms with Crippen LogP contribution >= 0.6 is 0 Å². The first-order valence-electron chi connectivity index (χ1n) is 10.4. The molecule has 2 amide bonds. The molecule has 1 aliphatic rings. The molecule has 1 fully saturated rings. The summed E-state index contributed by atoms with van der Waals surface area (Å²) >= 11 is 0. The Morgan fingerprint density at radius 3 is 2.23 bits per heavy atom. The predicted octanol–water partition coefficient (Wildman–Crippen LogP) is 3.10. The van der Waals surface area contributed by atoms with Crippen LogP contribution in [-0.4, -0.2) is 49.0 Å². The molecule has 0 unspecified atom stereocenters. The molecule has 2 aromatic carbocycles. The number of hydrogen-bond acceptors (Lipinski definition) is 5. The Balaban J connectivity index is 1.38. The molecule has 0 saturated carbocycles. The normalized spacial score (nSPS) is 14.1. The molecule has 7 heteroatoms. The fraction of sp³-hybridized carbons (Fsp3) is 0.375. The number of nitrogens with one attached hydrogen (secondary N) is 1. The summed E-state index contributed by atoms with van der Waals surface area (Å²) in [6.07, 6.45) is 1.15. The number of esters is 1. The van der Waals surface area contributed by atoms with Crippen molar-refractivity contribution >= 4 is 23.5 Å². The molecule has 3 rings (SSSR count). The monoisotopic (exact) mass is 424 g/mol. The van der Waals surface area contributed by atoms with Gasteiger partial charge in [0.25, 0.3) is 5.91 Å². The third-order valence-electron chi connectivity index (χ3n) is 5.36. The van der Waals surface area contributed by atoms with E-state index in [2.05, 4.69) is 5.32 Å². The second-order valence-corrected chi connectivity index (χ2v) is 7.68. The SMILES string of the molecule is Cc1cccc(C)c1OCC(=O)OCC(=O)N1CCC(C(=O)Nc2ccccc2)CC1. The molecular formula is C24H28N2O5. The average molecular weight is 424 g/mol. The van der Waals surface area contributed by atoms with Crippen LogP contribution in [0.4, 0.5) is 5.69 Å². The van der Waals surface area contributed by atoms with Crippen molar-refractivity contribution in [2.45, 2.75) is 26.7 Å². The zero-order valence-corrected chi connectivity index (χ0v) is 17.9. The molecule has 2 aromatic rings. The van der Waals surface area contributed by atoms with Crippen molar-refractivity contribution in [1.82, 2.24) is 4.90 Å². The molecule has 0 aliphatic carbocycles. The number of ether oxygens (including phenoxy) is 2. The Kier molecular flexibility index (Phi) is 7.65. The summed E-state index contributed by atoms with van der Waals surface area (Å²) in [5, 5.41) is 2.91. The Labute approximate surface area is 182 Å². The van der Waals surface area contributed by atoms with Crippen LogP contribution in [0.2, 0.25) is 0 Å². The highest BCUT2D eigenvalue weighted by Crippen LogP contribution is 2.22. The summed E-state index contributed by atoms with van der Waals surface area (Å²) in [6.45, 7) is 4.16. The Morgan fingerprint density at radius 2 is 1.58 bits per heavy atom. The van der Waals surface area contributed by atoms with Crippen LogP contribution in [0.1, 0.15) is 24.0 Å². The van der Waals surface area contributed by atoms with Gasteiger partial charge in [0.05, 0.1) is 0 Å². The standard InChI is InChI=1S/C24H28N2O5/c1-17-7-6-8-18(2)23(17)31-16-22(28)30-15-21(27)26-13-11-19(12-14-26)24(29)25-20-9-4-3-5-10-20/h3-10,19H,11-16H2,1-2H3,(H,25,29). The van der Waals surface area contributed by atoms with E-state index in [0.29, 0.717) is 31.7 Å². The molecule has 1 N–H and O–H groups in total. The smallest absolute Gasteiger partial charge is 0.344 e. The van der Waals surface area contributed by atoms with Gasteiger partial charge in [0.2, 0.25) is 5.91 Å². The summed E-state index contributed by atoms with van der Waals surface area (Å²) < 4.78 is 10.6. The van der Waals surface area contributed by atoms with Gasteiger partial charge in [-0.2, -0.15) is 0 Å². The Hall–Kier alpha value is -3.35. The molecule has 1 heterocycles. The molecule has 31 heavy (non-hydrogen) atoms. The van der Waals surface area contributed by atoms with Crippen LogP contribution in [0, 0.1) is 19.8 Å². The summed E-state index contributed by atoms with van der Waals surface area (Å²) in [6, 6.07) is 15.0. The number of nitrogens with zero attached hydrogens (tertiary/aromatic N) is 1. The molecule has 7 nitrogen and oxygen atoms in total. The predicted molar refractivity (Wildman–Crippen MR) is 117 cm³/mol. The van der Waals surface area contributed by atoms with E-state index in [0.717, 1.165) is 16.8 Å². The lowest BCUT2D eigenvalue weighted by Gasteiger charge is -2.31. The van der Waals surface area contributed by atoms with Crippen molar-refractivity contribution in [1.29, 1.82) is 0 Å². The van der Waals surface area contributed by atoms with Gasteiger partial charge in [0.1, 0.15) is 5.75 Å². The number of carbonyl (C=O) groups excluding carboxylic acids is 3. The fourth-order valence-electron chi connectivity index (χ4n) is 3.59. The van der Waals surface area contributed by atoms with Gasteiger partial charge in [-0.15, -0.1) is 0 Å². The van der Waals surface area contributed by atoms with Crippen LogP contribution in [-0.2, 0) is 19.1 Å². The van der Waals surface area contributed by atoms with Gasteiger partial charge >= 0.3 is 5.97 Å². The first kappa shape index (κ1) is 22.3. The van der Waals surface area contributed by atoms with Crippen LogP contribution in [0.3, 0.4) is 0 Å². The Morgan fingerprint density at radius 1 is 0.935 bits per heavy atom. The molecule has 164 valence electrons. The number of hydrogen-bond donors (Lipinski definition) is 1. The number of rotatable bonds is 7. The zero-order chi connectivity index (χ0) is 22.2. The van der Waals surface area contributed by atoms with E-state index in [-0.39, 0.29) is 30.9 Å². The van der Waals surface area contributed by atoms with Gasteiger partial charge in [-0.1, -0.05) is 36.4 Å². The molecule has 0 aromatic heterocycles. The van der Waals surface area contributed by atoms with E-state index in [1.807, 2.05) is 62.4 Å². The lowest BCUT2D eigenvalue weighted by Crippen LogP contribution is -2.43. The molecule has 1 aliphatic heterocycles. The van der Waals surface area contributed by atoms with Crippen LogP contribution in [0.25, 0.3) is 0 Å². The van der Waals surface area contributed by atoms with Gasteiger partial charge in [-0.3, -0.25) is 9.59 Å². The summed E-state index contributed by atoms with van der Waals surface area (Å²) in [7, 11) is 0. The number of anilines is 1. The quantitative estimate of drug-likeness (QED) is 0.691. The third kappa shape index (κ3) is 6.31. The minimum absolute atomic E-state index is 0.0339. The minimum atomic E-state index is -0.590. The second-order valence-electron chi connectivity index (χ2n) is 7.68. The third-order valence-corrected chi connectivity index (χ3v) is 5.36. The lowest BCUT2D eigenvalue weighted by molar-refractivity contribution is -0.154. The number of carbonyl (C=O) groups is 3. The average Bonchev–Trinajstić information content (AvgIpc) is 2.78. The van der Waals surface area contributed by atoms with E-state index in [1.54, 1.807) is 4.90 Å². The highest BCUT2D eigenvalue weighted by molar-refractivity contribution is 5.92. The zero-order valence-electron chi connectivity index (χ0n) is 17.9. The van der Waals surface area contributed by atoms with Gasteiger partial charge in [-0.05, 0) is 49.9 Å². The second kappa shape index (κ2) is 10.6. The van der Waals surface area contributed by atoms with E-state index in [9.17, 15) is 14.4 Å². The maximum atomic E-state index is 12.4. The maximum Gasteiger partial charge on any atom is 0.344 e. The largest absolute Gasteiger partial charge is 0.481 e. The number of benzene rings is 2. The van der Waals surface area contributed by atoms with Crippen LogP contribution < -0.4 is 10.1 Å².